The van der Waals surface area contributed by atoms with Gasteiger partial charge in [-0.05, 0) is 52.5 Å². The molecule has 120 valence electrons. The first-order valence-corrected chi connectivity index (χ1v) is 7.81. The first kappa shape index (κ1) is 19.2. The Balaban J connectivity index is 0.00000172. The number of ether oxygens (including phenoxy) is 1. The van der Waals surface area contributed by atoms with Crippen molar-refractivity contribution in [2.45, 2.75) is 72.3 Å². The van der Waals surface area contributed by atoms with Gasteiger partial charge in [0.25, 0.3) is 0 Å². The van der Waals surface area contributed by atoms with Crippen LogP contribution in [0.5, 0.6) is 0 Å². The second-order valence-corrected chi connectivity index (χ2v) is 6.88. The van der Waals surface area contributed by atoms with Crippen molar-refractivity contribution in [3.63, 3.8) is 0 Å². The molecule has 0 unspecified atom stereocenters. The Labute approximate surface area is 125 Å². The first-order valence-electron chi connectivity index (χ1n) is 7.81. The fraction of sp³-hybridized carbons (Fsp3) is 0.938. The van der Waals surface area contributed by atoms with E-state index < -0.39 is 0 Å². The lowest BCUT2D eigenvalue weighted by Crippen LogP contribution is -2.44. The molecule has 20 heavy (non-hydrogen) atoms. The van der Waals surface area contributed by atoms with E-state index in [-0.39, 0.29) is 11.7 Å². The molecule has 1 fully saturated rings. The van der Waals surface area contributed by atoms with Gasteiger partial charge >= 0.3 is 6.09 Å². The summed E-state index contributed by atoms with van der Waals surface area (Å²) in [6, 6.07) is 0. The van der Waals surface area contributed by atoms with Crippen LogP contribution in [0.25, 0.3) is 0 Å². The molecule has 0 aromatic rings. The molecule has 0 saturated carbocycles. The van der Waals surface area contributed by atoms with E-state index in [4.69, 9.17) is 4.74 Å². The number of carbonyl (C=O) groups is 1. The lowest BCUT2D eigenvalue weighted by molar-refractivity contribution is 0.0109. The van der Waals surface area contributed by atoms with E-state index >= 15 is 0 Å². The van der Waals surface area contributed by atoms with Crippen LogP contribution in [-0.2, 0) is 4.74 Å². The highest BCUT2D eigenvalue weighted by Crippen LogP contribution is 2.36. The molecule has 4 heteroatoms. The fourth-order valence-corrected chi connectivity index (χ4v) is 2.41. The van der Waals surface area contributed by atoms with Crippen molar-refractivity contribution in [2.75, 3.05) is 20.1 Å². The van der Waals surface area contributed by atoms with Gasteiger partial charge in [0.2, 0.25) is 0 Å². The third kappa shape index (κ3) is 7.13. The molecular weight excluding hydrogens is 252 g/mol. The number of piperidine rings is 1. The van der Waals surface area contributed by atoms with Crippen LogP contribution in [0.3, 0.4) is 0 Å². The maximum atomic E-state index is 11.9. The summed E-state index contributed by atoms with van der Waals surface area (Å²) in [7, 11) is 1.50. The molecule has 2 N–H and O–H groups in total. The average Bonchev–Trinajstić information content (AvgIpc) is 2.37. The Kier molecular flexibility index (Phi) is 8.17. The molecule has 0 spiro atoms. The van der Waals surface area contributed by atoms with E-state index in [2.05, 4.69) is 19.6 Å². The van der Waals surface area contributed by atoms with Crippen LogP contribution in [0.2, 0.25) is 0 Å². The molecule has 0 radical (unpaired) electrons. The van der Waals surface area contributed by atoms with E-state index in [1.165, 1.54) is 26.3 Å². The molecule has 0 aromatic carbocycles. The monoisotopic (exact) mass is 286 g/mol. The van der Waals surface area contributed by atoms with Gasteiger partial charge in [0.15, 0.2) is 0 Å². The number of unbranched alkanes of at least 4 members (excludes halogenated alkanes) is 1. The van der Waals surface area contributed by atoms with E-state index in [9.17, 15) is 4.79 Å². The van der Waals surface area contributed by atoms with Crippen LogP contribution in [0.1, 0.15) is 66.7 Å². The molecule has 0 bridgehead atoms. The number of nitrogens with two attached hydrogens (primary N) is 1. The quantitative estimate of drug-likeness (QED) is 0.858. The standard InChI is InChI=1S/C15H29NO2.CH5N/c1-6-7-8-15(5)9-11-16(12-10-15)13(17)18-14(2,3)4;1-2/h6-12H2,1-5H3;2H2,1H3. The Morgan fingerprint density at radius 3 is 2.15 bits per heavy atom. The minimum Gasteiger partial charge on any atom is -0.444 e. The highest BCUT2D eigenvalue weighted by Gasteiger charge is 2.32. The van der Waals surface area contributed by atoms with Crippen molar-refractivity contribution >= 4 is 6.09 Å². The molecule has 1 aliphatic rings. The first-order chi connectivity index (χ1) is 9.26. The number of rotatable bonds is 3. The number of likely N-dealkylation sites (tertiary alicyclic amines) is 1. The van der Waals surface area contributed by atoms with Crippen LogP contribution in [0.4, 0.5) is 4.79 Å². The Morgan fingerprint density at radius 2 is 1.75 bits per heavy atom. The lowest BCUT2D eigenvalue weighted by atomic mass is 9.76. The van der Waals surface area contributed by atoms with Crippen molar-refractivity contribution in [3.05, 3.63) is 0 Å². The molecule has 0 aromatic heterocycles. The maximum Gasteiger partial charge on any atom is 0.410 e. The predicted octanol–water partition coefficient (Wildman–Crippen LogP) is 3.79. The second kappa shape index (κ2) is 8.50. The number of carbonyl (C=O) groups excluding carboxylic acids is 1. The maximum absolute atomic E-state index is 11.9. The molecule has 1 amide bonds. The second-order valence-electron chi connectivity index (χ2n) is 6.88. The van der Waals surface area contributed by atoms with Gasteiger partial charge in [-0.15, -0.1) is 0 Å². The summed E-state index contributed by atoms with van der Waals surface area (Å²) in [4.78, 5) is 13.8. The Hall–Kier alpha value is -0.770. The van der Waals surface area contributed by atoms with Gasteiger partial charge in [0.1, 0.15) is 5.60 Å². The lowest BCUT2D eigenvalue weighted by Gasteiger charge is -2.39. The number of nitrogens with zero attached hydrogens (tertiary/aromatic N) is 1. The van der Waals surface area contributed by atoms with Crippen molar-refractivity contribution < 1.29 is 9.53 Å². The topological polar surface area (TPSA) is 55.6 Å². The molecule has 0 atom stereocenters. The van der Waals surface area contributed by atoms with Gasteiger partial charge < -0.3 is 15.4 Å². The minimum absolute atomic E-state index is 0.153. The summed E-state index contributed by atoms with van der Waals surface area (Å²) in [5, 5.41) is 0. The summed E-state index contributed by atoms with van der Waals surface area (Å²) in [5.41, 5.74) is 4.54. The van der Waals surface area contributed by atoms with Crippen molar-refractivity contribution in [1.29, 1.82) is 0 Å². The third-order valence-electron chi connectivity index (χ3n) is 3.76. The van der Waals surface area contributed by atoms with Crippen molar-refractivity contribution in [1.82, 2.24) is 4.90 Å². The molecular formula is C16H34N2O2. The predicted molar refractivity (Wildman–Crippen MR) is 84.8 cm³/mol. The molecule has 1 saturated heterocycles. The summed E-state index contributed by atoms with van der Waals surface area (Å²) >= 11 is 0. The SMILES string of the molecule is CCCCC1(C)CCN(C(=O)OC(C)(C)C)CC1.CN. The number of hydrogen-bond acceptors (Lipinski definition) is 3. The van der Waals surface area contributed by atoms with Gasteiger partial charge in [0, 0.05) is 13.1 Å². The molecule has 1 rings (SSSR count). The highest BCUT2D eigenvalue weighted by molar-refractivity contribution is 5.68. The van der Waals surface area contributed by atoms with Gasteiger partial charge in [0.05, 0.1) is 0 Å². The van der Waals surface area contributed by atoms with Crippen LogP contribution in [0.15, 0.2) is 0 Å². The summed E-state index contributed by atoms with van der Waals surface area (Å²) in [6.07, 6.45) is 5.89. The van der Waals surface area contributed by atoms with Crippen molar-refractivity contribution in [2.24, 2.45) is 11.1 Å². The number of hydrogen-bond donors (Lipinski definition) is 1. The third-order valence-corrected chi connectivity index (χ3v) is 3.76. The highest BCUT2D eigenvalue weighted by atomic mass is 16.6. The van der Waals surface area contributed by atoms with E-state index in [1.54, 1.807) is 0 Å². The zero-order chi connectivity index (χ0) is 15.8. The fourth-order valence-electron chi connectivity index (χ4n) is 2.41. The number of amides is 1. The van der Waals surface area contributed by atoms with E-state index in [1.807, 2.05) is 25.7 Å². The minimum atomic E-state index is -0.389. The van der Waals surface area contributed by atoms with Crippen LogP contribution < -0.4 is 5.73 Å². The van der Waals surface area contributed by atoms with Crippen molar-refractivity contribution in [3.8, 4) is 0 Å². The van der Waals surface area contributed by atoms with Crippen LogP contribution in [-0.4, -0.2) is 36.7 Å². The van der Waals surface area contributed by atoms with Gasteiger partial charge in [-0.1, -0.05) is 26.7 Å². The smallest absolute Gasteiger partial charge is 0.410 e. The molecule has 4 nitrogen and oxygen atoms in total. The Morgan fingerprint density at radius 1 is 1.25 bits per heavy atom. The van der Waals surface area contributed by atoms with E-state index in [0.29, 0.717) is 5.41 Å². The largest absolute Gasteiger partial charge is 0.444 e. The molecule has 1 heterocycles. The normalized spacial score (nSPS) is 18.1. The summed E-state index contributed by atoms with van der Waals surface area (Å²) in [6.45, 7) is 12.0. The zero-order valence-corrected chi connectivity index (χ0v) is 14.3. The molecule has 1 aliphatic heterocycles. The zero-order valence-electron chi connectivity index (χ0n) is 14.3. The summed E-state index contributed by atoms with van der Waals surface area (Å²) in [5.74, 6) is 0. The van der Waals surface area contributed by atoms with Gasteiger partial charge in [-0.3, -0.25) is 0 Å². The van der Waals surface area contributed by atoms with Crippen LogP contribution in [0, 0.1) is 5.41 Å². The van der Waals surface area contributed by atoms with Gasteiger partial charge in [-0.25, -0.2) is 4.79 Å². The molecule has 0 aliphatic carbocycles. The Bertz CT molecular complexity index is 277. The van der Waals surface area contributed by atoms with Crippen LogP contribution >= 0.6 is 0 Å². The summed E-state index contributed by atoms with van der Waals surface area (Å²) < 4.78 is 5.41. The van der Waals surface area contributed by atoms with Gasteiger partial charge in [-0.2, -0.15) is 0 Å². The van der Waals surface area contributed by atoms with E-state index in [0.717, 1.165) is 25.9 Å². The average molecular weight is 286 g/mol.